The molecule has 0 radical (unpaired) electrons. The average Bonchev–Trinajstić information content (AvgIpc) is 2.95. The molecule has 1 aromatic carbocycles. The molecule has 4 N–H and O–H groups in total. The minimum atomic E-state index is -4.09. The fraction of sp³-hybridized carbons (Fsp3) is 0.368. The van der Waals surface area contributed by atoms with Crippen molar-refractivity contribution in [1.29, 1.82) is 0 Å². The summed E-state index contributed by atoms with van der Waals surface area (Å²) in [6.45, 7) is 1.67. The van der Waals surface area contributed by atoms with E-state index in [1.165, 1.54) is 43.3 Å². The SMILES string of the molecule is CCOC(=O)c1c(O)c(O)c(C(=O)N(C)C)n1-c1ccc(OCCCP(=O)(O)O)cc1. The van der Waals surface area contributed by atoms with Crippen LogP contribution in [0.3, 0.4) is 0 Å². The summed E-state index contributed by atoms with van der Waals surface area (Å²) in [5, 5.41) is 20.7. The molecule has 0 fully saturated rings. The molecule has 0 aliphatic rings. The van der Waals surface area contributed by atoms with Crippen molar-refractivity contribution in [2.45, 2.75) is 13.3 Å². The van der Waals surface area contributed by atoms with Gasteiger partial charge in [0.05, 0.1) is 19.4 Å². The molecular weight excluding hydrogens is 431 g/mol. The lowest BCUT2D eigenvalue weighted by Crippen LogP contribution is -2.25. The number of hydrogen-bond acceptors (Lipinski definition) is 7. The molecule has 11 nitrogen and oxygen atoms in total. The van der Waals surface area contributed by atoms with Crippen molar-refractivity contribution in [3.63, 3.8) is 0 Å². The Balaban J connectivity index is 2.41. The number of amides is 1. The summed E-state index contributed by atoms with van der Waals surface area (Å²) in [4.78, 5) is 43.9. The molecule has 0 saturated carbocycles. The third-order valence-corrected chi connectivity index (χ3v) is 5.05. The number of rotatable bonds is 9. The molecule has 31 heavy (non-hydrogen) atoms. The van der Waals surface area contributed by atoms with Gasteiger partial charge in [-0.1, -0.05) is 0 Å². The standard InChI is InChI=1S/C19H25N2O9P/c1-4-29-19(25)15-17(23)16(22)14(18(24)20(2)3)21(15)12-6-8-13(9-7-12)30-10-5-11-31(26,27)28/h6-9,22-23H,4-5,10-11H2,1-3H3,(H2,26,27,28). The zero-order valence-corrected chi connectivity index (χ0v) is 18.2. The largest absolute Gasteiger partial charge is 0.503 e. The zero-order valence-electron chi connectivity index (χ0n) is 17.3. The molecule has 1 amide bonds. The summed E-state index contributed by atoms with van der Waals surface area (Å²) in [5.41, 5.74) is -0.452. The highest BCUT2D eigenvalue weighted by Crippen LogP contribution is 2.39. The minimum Gasteiger partial charge on any atom is -0.503 e. The molecule has 1 aromatic heterocycles. The number of esters is 1. The predicted molar refractivity (Wildman–Crippen MR) is 110 cm³/mol. The van der Waals surface area contributed by atoms with Crippen LogP contribution in [0.5, 0.6) is 17.2 Å². The summed E-state index contributed by atoms with van der Waals surface area (Å²) in [6, 6.07) is 6.01. The summed E-state index contributed by atoms with van der Waals surface area (Å²) >= 11 is 0. The second kappa shape index (κ2) is 9.86. The number of carbonyl (C=O) groups excluding carboxylic acids is 2. The van der Waals surface area contributed by atoms with E-state index in [1.54, 1.807) is 6.92 Å². The lowest BCUT2D eigenvalue weighted by Gasteiger charge is -2.16. The third-order valence-electron chi connectivity index (χ3n) is 4.16. The van der Waals surface area contributed by atoms with E-state index in [2.05, 4.69) is 0 Å². The fourth-order valence-electron chi connectivity index (χ4n) is 2.75. The highest BCUT2D eigenvalue weighted by atomic mass is 31.2. The van der Waals surface area contributed by atoms with Gasteiger partial charge in [0.1, 0.15) is 5.75 Å². The van der Waals surface area contributed by atoms with E-state index in [-0.39, 0.29) is 37.2 Å². The first-order chi connectivity index (χ1) is 14.5. The Morgan fingerprint density at radius 3 is 2.16 bits per heavy atom. The summed E-state index contributed by atoms with van der Waals surface area (Å²) in [7, 11) is -1.19. The van der Waals surface area contributed by atoms with E-state index in [1.807, 2.05) is 0 Å². The van der Waals surface area contributed by atoms with Gasteiger partial charge in [-0.25, -0.2) is 4.79 Å². The molecule has 1 heterocycles. The van der Waals surface area contributed by atoms with E-state index >= 15 is 0 Å². The van der Waals surface area contributed by atoms with Crippen LogP contribution in [-0.4, -0.2) is 74.8 Å². The Morgan fingerprint density at radius 1 is 1.06 bits per heavy atom. The molecule has 0 spiro atoms. The number of ether oxygens (including phenoxy) is 2. The average molecular weight is 456 g/mol. The van der Waals surface area contributed by atoms with E-state index in [9.17, 15) is 24.4 Å². The Kier molecular flexibility index (Phi) is 7.72. The molecule has 0 aliphatic heterocycles. The van der Waals surface area contributed by atoms with Crippen LogP contribution in [0, 0.1) is 0 Å². The number of benzene rings is 1. The number of aromatic hydroxyl groups is 2. The van der Waals surface area contributed by atoms with Crippen LogP contribution in [-0.2, 0) is 9.30 Å². The van der Waals surface area contributed by atoms with Gasteiger partial charge in [-0.15, -0.1) is 0 Å². The second-order valence-corrected chi connectivity index (χ2v) is 8.51. The molecule has 0 aliphatic carbocycles. The van der Waals surface area contributed by atoms with Gasteiger partial charge in [0.2, 0.25) is 0 Å². The van der Waals surface area contributed by atoms with Crippen molar-refractivity contribution in [3.05, 3.63) is 35.7 Å². The topological polar surface area (TPSA) is 159 Å². The van der Waals surface area contributed by atoms with Crippen LogP contribution < -0.4 is 4.74 Å². The number of hydrogen-bond donors (Lipinski definition) is 4. The lowest BCUT2D eigenvalue weighted by atomic mass is 10.2. The van der Waals surface area contributed by atoms with E-state index < -0.39 is 36.7 Å². The molecular formula is C19H25N2O9P. The van der Waals surface area contributed by atoms with Crippen molar-refractivity contribution in [2.75, 3.05) is 33.5 Å². The first-order valence-electron chi connectivity index (χ1n) is 9.31. The Labute approximate surface area is 178 Å². The number of aromatic nitrogens is 1. The van der Waals surface area contributed by atoms with Gasteiger partial charge in [-0.3, -0.25) is 13.9 Å². The molecule has 12 heteroatoms. The molecule has 170 valence electrons. The summed E-state index contributed by atoms with van der Waals surface area (Å²) < 4.78 is 22.4. The highest BCUT2D eigenvalue weighted by molar-refractivity contribution is 7.51. The van der Waals surface area contributed by atoms with E-state index in [4.69, 9.17) is 19.3 Å². The van der Waals surface area contributed by atoms with Crippen LogP contribution in [0.2, 0.25) is 0 Å². The van der Waals surface area contributed by atoms with Gasteiger partial charge in [0, 0.05) is 19.8 Å². The molecule has 0 unspecified atom stereocenters. The van der Waals surface area contributed by atoms with Gasteiger partial charge >= 0.3 is 13.6 Å². The molecule has 2 rings (SSSR count). The lowest BCUT2D eigenvalue weighted by molar-refractivity contribution is 0.0513. The fourth-order valence-corrected chi connectivity index (χ4v) is 3.30. The third kappa shape index (κ3) is 5.78. The van der Waals surface area contributed by atoms with Crippen LogP contribution in [0.1, 0.15) is 34.3 Å². The van der Waals surface area contributed by atoms with E-state index in [0.29, 0.717) is 5.75 Å². The monoisotopic (exact) mass is 456 g/mol. The van der Waals surface area contributed by atoms with Crippen LogP contribution in [0.25, 0.3) is 5.69 Å². The molecule has 0 atom stereocenters. The maximum Gasteiger partial charge on any atom is 0.359 e. The van der Waals surface area contributed by atoms with Gasteiger partial charge in [-0.05, 0) is 37.6 Å². The van der Waals surface area contributed by atoms with Gasteiger partial charge in [-0.2, -0.15) is 0 Å². The number of nitrogens with zero attached hydrogens (tertiary/aromatic N) is 2. The molecule has 0 saturated heterocycles. The van der Waals surface area contributed by atoms with Crippen molar-refractivity contribution >= 4 is 19.5 Å². The van der Waals surface area contributed by atoms with Gasteiger partial charge in [0.25, 0.3) is 5.91 Å². The van der Waals surface area contributed by atoms with Crippen molar-refractivity contribution in [2.24, 2.45) is 0 Å². The van der Waals surface area contributed by atoms with Crippen LogP contribution in [0.4, 0.5) is 0 Å². The number of carbonyl (C=O) groups is 2. The predicted octanol–water partition coefficient (Wildman–Crippen LogP) is 1.71. The van der Waals surface area contributed by atoms with Crippen LogP contribution in [0.15, 0.2) is 24.3 Å². The quantitative estimate of drug-likeness (QED) is 0.250. The van der Waals surface area contributed by atoms with Gasteiger partial charge < -0.3 is 34.4 Å². The van der Waals surface area contributed by atoms with Gasteiger partial charge in [0.15, 0.2) is 22.9 Å². The first-order valence-corrected chi connectivity index (χ1v) is 11.1. The normalized spacial score (nSPS) is 11.3. The van der Waals surface area contributed by atoms with Crippen LogP contribution >= 0.6 is 7.60 Å². The maximum atomic E-state index is 12.6. The maximum absolute atomic E-state index is 12.6. The second-order valence-electron chi connectivity index (χ2n) is 6.73. The Hall–Kier alpha value is -3.01. The van der Waals surface area contributed by atoms with Crippen molar-refractivity contribution in [3.8, 4) is 22.9 Å². The zero-order chi connectivity index (χ0) is 23.3. The van der Waals surface area contributed by atoms with Crippen molar-refractivity contribution in [1.82, 2.24) is 9.47 Å². The smallest absolute Gasteiger partial charge is 0.359 e. The van der Waals surface area contributed by atoms with Crippen molar-refractivity contribution < 1.29 is 43.6 Å². The molecule has 2 aromatic rings. The highest BCUT2D eigenvalue weighted by Gasteiger charge is 2.33. The Morgan fingerprint density at radius 2 is 1.65 bits per heavy atom. The summed E-state index contributed by atoms with van der Waals surface area (Å²) in [5.74, 6) is -2.72. The Bertz CT molecular complexity index is 993. The summed E-state index contributed by atoms with van der Waals surface area (Å²) in [6.07, 6.45) is -0.147. The molecule has 0 bridgehead atoms. The first kappa shape index (κ1) is 24.3. The minimum absolute atomic E-state index is 0.0164. The van der Waals surface area contributed by atoms with E-state index in [0.717, 1.165) is 4.57 Å².